The summed E-state index contributed by atoms with van der Waals surface area (Å²) in [5.74, 6) is -1.00. The number of carbonyl (C=O) groups is 2. The summed E-state index contributed by atoms with van der Waals surface area (Å²) in [4.78, 5) is 35.5. The Morgan fingerprint density at radius 1 is 1.43 bits per heavy atom. The number of hydrogen-bond donors (Lipinski definition) is 0. The van der Waals surface area contributed by atoms with Crippen LogP contribution in [0.5, 0.6) is 5.75 Å². The Hall–Kier alpha value is -2.64. The zero-order valence-corrected chi connectivity index (χ0v) is 12.0. The van der Waals surface area contributed by atoms with Gasteiger partial charge < -0.3 is 14.4 Å². The number of rotatable bonds is 2. The van der Waals surface area contributed by atoms with Gasteiger partial charge in [0.25, 0.3) is 11.6 Å². The lowest BCUT2D eigenvalue weighted by Crippen LogP contribution is -2.51. The second-order valence-corrected chi connectivity index (χ2v) is 5.06. The Bertz CT molecular complexity index is 652. The van der Waals surface area contributed by atoms with Gasteiger partial charge in [0.2, 0.25) is 0 Å². The highest BCUT2D eigenvalue weighted by Gasteiger charge is 2.41. The third-order valence-corrected chi connectivity index (χ3v) is 3.23. The lowest BCUT2D eigenvalue weighted by Gasteiger charge is -2.36. The van der Waals surface area contributed by atoms with Gasteiger partial charge in [0.15, 0.2) is 11.4 Å². The van der Waals surface area contributed by atoms with Gasteiger partial charge in [0.1, 0.15) is 5.56 Å². The van der Waals surface area contributed by atoms with Gasteiger partial charge in [-0.05, 0) is 19.9 Å². The molecule has 0 N–H and O–H groups in total. The fourth-order valence-electron chi connectivity index (χ4n) is 2.16. The van der Waals surface area contributed by atoms with E-state index in [9.17, 15) is 19.7 Å². The van der Waals surface area contributed by atoms with E-state index < -0.39 is 22.2 Å². The lowest BCUT2D eigenvalue weighted by atomic mass is 10.0. The number of methoxy groups -OCH3 is 1. The van der Waals surface area contributed by atoms with Gasteiger partial charge in [-0.1, -0.05) is 0 Å². The minimum atomic E-state index is -1.14. The topological polar surface area (TPSA) is 99.0 Å². The van der Waals surface area contributed by atoms with Crippen LogP contribution in [0.25, 0.3) is 0 Å². The quantitative estimate of drug-likeness (QED) is 0.466. The maximum absolute atomic E-state index is 12.1. The van der Waals surface area contributed by atoms with Crippen LogP contribution in [0.4, 0.5) is 11.4 Å². The predicted molar refractivity (Wildman–Crippen MR) is 72.6 cm³/mol. The highest BCUT2D eigenvalue weighted by molar-refractivity contribution is 6.04. The Kier molecular flexibility index (Phi) is 3.32. The van der Waals surface area contributed by atoms with Crippen molar-refractivity contribution in [2.75, 3.05) is 19.1 Å². The number of esters is 1. The fraction of sp³-hybridized carbons (Fsp3) is 0.385. The van der Waals surface area contributed by atoms with E-state index in [1.807, 2.05) is 0 Å². The summed E-state index contributed by atoms with van der Waals surface area (Å²) < 4.78 is 10.0. The van der Waals surface area contributed by atoms with E-state index >= 15 is 0 Å². The molecule has 0 spiro atoms. The molecule has 0 unspecified atom stereocenters. The molecule has 21 heavy (non-hydrogen) atoms. The molecule has 1 heterocycles. The van der Waals surface area contributed by atoms with Crippen molar-refractivity contribution in [2.45, 2.75) is 19.4 Å². The van der Waals surface area contributed by atoms with Crippen LogP contribution >= 0.6 is 0 Å². The molecule has 1 aromatic carbocycles. The summed E-state index contributed by atoms with van der Waals surface area (Å²) in [6.45, 7) is 3.13. The molecule has 0 fully saturated rings. The first-order valence-corrected chi connectivity index (χ1v) is 6.07. The Morgan fingerprint density at radius 2 is 2.05 bits per heavy atom. The third-order valence-electron chi connectivity index (χ3n) is 3.23. The SMILES string of the molecule is COC(=O)c1cc2c(cc1[N+](=O)[O-])OC(C)(C)C(=O)N2C. The van der Waals surface area contributed by atoms with Crippen LogP contribution in [-0.4, -0.2) is 36.6 Å². The Labute approximate surface area is 120 Å². The van der Waals surface area contributed by atoms with E-state index in [1.54, 1.807) is 13.8 Å². The molecular weight excluding hydrogens is 280 g/mol. The van der Waals surface area contributed by atoms with E-state index in [0.29, 0.717) is 0 Å². The number of nitro groups is 1. The molecule has 8 heteroatoms. The number of hydrogen-bond acceptors (Lipinski definition) is 6. The number of carbonyl (C=O) groups excluding carboxylic acids is 2. The molecule has 0 aliphatic carbocycles. The van der Waals surface area contributed by atoms with Crippen molar-refractivity contribution in [3.05, 3.63) is 27.8 Å². The molecule has 8 nitrogen and oxygen atoms in total. The molecule has 1 amide bonds. The van der Waals surface area contributed by atoms with Crippen molar-refractivity contribution in [1.29, 1.82) is 0 Å². The van der Waals surface area contributed by atoms with Crippen LogP contribution < -0.4 is 9.64 Å². The second-order valence-electron chi connectivity index (χ2n) is 5.06. The molecular formula is C13H14N2O6. The molecule has 0 atom stereocenters. The third kappa shape index (κ3) is 2.28. The minimum Gasteiger partial charge on any atom is -0.476 e. The van der Waals surface area contributed by atoms with E-state index in [2.05, 4.69) is 4.74 Å². The number of benzene rings is 1. The van der Waals surface area contributed by atoms with Crippen molar-refractivity contribution in [2.24, 2.45) is 0 Å². The van der Waals surface area contributed by atoms with E-state index in [0.717, 1.165) is 13.2 Å². The molecule has 0 aromatic heterocycles. The second kappa shape index (κ2) is 4.72. The monoisotopic (exact) mass is 294 g/mol. The maximum Gasteiger partial charge on any atom is 0.344 e. The molecule has 0 bridgehead atoms. The predicted octanol–water partition coefficient (Wildman–Crippen LogP) is 1.52. The number of nitrogens with zero attached hydrogens (tertiary/aromatic N) is 2. The van der Waals surface area contributed by atoms with Gasteiger partial charge >= 0.3 is 5.97 Å². The standard InChI is InChI=1S/C13H14N2O6/c1-13(2)12(17)14(3)9-5-7(11(16)20-4)8(15(18)19)6-10(9)21-13/h5-6H,1-4H3. The molecule has 1 aliphatic rings. The summed E-state index contributed by atoms with van der Waals surface area (Å²) >= 11 is 0. The summed E-state index contributed by atoms with van der Waals surface area (Å²) in [5.41, 5.74) is -1.52. The van der Waals surface area contributed by atoms with Gasteiger partial charge in [-0.3, -0.25) is 14.9 Å². The maximum atomic E-state index is 12.1. The van der Waals surface area contributed by atoms with E-state index in [1.165, 1.54) is 18.0 Å². The van der Waals surface area contributed by atoms with Crippen LogP contribution in [0, 0.1) is 10.1 Å². The minimum absolute atomic E-state index is 0.168. The Balaban J connectivity index is 2.68. The largest absolute Gasteiger partial charge is 0.476 e. The zero-order chi connectivity index (χ0) is 15.9. The molecule has 1 aliphatic heterocycles. The number of anilines is 1. The summed E-state index contributed by atoms with van der Waals surface area (Å²) in [7, 11) is 2.64. The van der Waals surface area contributed by atoms with Crippen LogP contribution in [0.15, 0.2) is 12.1 Å². The number of fused-ring (bicyclic) bond motifs is 1. The van der Waals surface area contributed by atoms with Crippen molar-refractivity contribution < 1.29 is 24.0 Å². The van der Waals surface area contributed by atoms with Crippen LogP contribution in [0.1, 0.15) is 24.2 Å². The molecule has 0 radical (unpaired) electrons. The molecule has 1 aromatic rings. The van der Waals surface area contributed by atoms with Crippen molar-refractivity contribution >= 4 is 23.3 Å². The first-order valence-electron chi connectivity index (χ1n) is 6.07. The molecule has 2 rings (SSSR count). The molecule has 0 saturated carbocycles. The highest BCUT2D eigenvalue weighted by Crippen LogP contribution is 2.41. The number of amides is 1. The van der Waals surface area contributed by atoms with E-state index in [-0.39, 0.29) is 22.9 Å². The summed E-state index contributed by atoms with van der Waals surface area (Å²) in [5, 5.41) is 11.1. The molecule has 0 saturated heterocycles. The smallest absolute Gasteiger partial charge is 0.344 e. The summed E-state index contributed by atoms with van der Waals surface area (Å²) in [6.07, 6.45) is 0. The summed E-state index contributed by atoms with van der Waals surface area (Å²) in [6, 6.07) is 2.36. The van der Waals surface area contributed by atoms with Crippen LogP contribution in [0.2, 0.25) is 0 Å². The first-order chi connectivity index (χ1) is 9.69. The van der Waals surface area contributed by atoms with Crippen molar-refractivity contribution in [3.8, 4) is 5.75 Å². The number of likely N-dealkylation sites (N-methyl/N-ethyl adjacent to an activating group) is 1. The normalized spacial score (nSPS) is 16.0. The van der Waals surface area contributed by atoms with Crippen molar-refractivity contribution in [3.63, 3.8) is 0 Å². The average Bonchev–Trinajstić information content (AvgIpc) is 2.42. The lowest BCUT2D eigenvalue weighted by molar-refractivity contribution is -0.385. The number of nitro benzene ring substituents is 1. The van der Waals surface area contributed by atoms with Gasteiger partial charge in [0, 0.05) is 7.05 Å². The van der Waals surface area contributed by atoms with Crippen LogP contribution in [-0.2, 0) is 9.53 Å². The van der Waals surface area contributed by atoms with Crippen LogP contribution in [0.3, 0.4) is 0 Å². The number of ether oxygens (including phenoxy) is 2. The van der Waals surface area contributed by atoms with Gasteiger partial charge in [-0.15, -0.1) is 0 Å². The van der Waals surface area contributed by atoms with Gasteiger partial charge in [0.05, 0.1) is 23.8 Å². The Morgan fingerprint density at radius 3 is 2.57 bits per heavy atom. The fourth-order valence-corrected chi connectivity index (χ4v) is 2.16. The van der Waals surface area contributed by atoms with Gasteiger partial charge in [-0.25, -0.2) is 4.79 Å². The first kappa shape index (κ1) is 14.8. The average molecular weight is 294 g/mol. The van der Waals surface area contributed by atoms with E-state index in [4.69, 9.17) is 4.74 Å². The van der Waals surface area contributed by atoms with Gasteiger partial charge in [-0.2, -0.15) is 0 Å². The van der Waals surface area contributed by atoms with Crippen molar-refractivity contribution in [1.82, 2.24) is 0 Å². The molecule has 112 valence electrons. The highest BCUT2D eigenvalue weighted by atomic mass is 16.6. The zero-order valence-electron chi connectivity index (χ0n) is 12.0.